The fourth-order valence-electron chi connectivity index (χ4n) is 2.84. The molecular formula is C12H15FN4O. The molecule has 2 fully saturated rings. The minimum absolute atomic E-state index is 0.193. The average Bonchev–Trinajstić information content (AvgIpc) is 2.71. The minimum Gasteiger partial charge on any atom is -0.396 e. The number of pyridine rings is 1. The maximum Gasteiger partial charge on any atom is 0.223 e. The molecule has 2 N–H and O–H groups in total. The normalized spacial score (nSPS) is 23.4. The Balaban J connectivity index is 1.85. The van der Waals surface area contributed by atoms with Gasteiger partial charge in [-0.2, -0.15) is 0 Å². The summed E-state index contributed by atoms with van der Waals surface area (Å²) >= 11 is 0. The molecule has 5 nitrogen and oxygen atoms in total. The Labute approximate surface area is 104 Å². The van der Waals surface area contributed by atoms with Gasteiger partial charge in [0.15, 0.2) is 5.82 Å². The second kappa shape index (κ2) is 4.12. The van der Waals surface area contributed by atoms with Crippen molar-refractivity contribution in [1.29, 1.82) is 0 Å². The van der Waals surface area contributed by atoms with Crippen LogP contribution in [0.5, 0.6) is 0 Å². The highest BCUT2D eigenvalue weighted by atomic mass is 19.1. The largest absolute Gasteiger partial charge is 0.396 e. The SMILES string of the molecule is Nc1cncc(F)c1N1CCN2C(=O)CC[C@@H]2C1. The molecule has 3 rings (SSSR count). The molecule has 2 saturated heterocycles. The topological polar surface area (TPSA) is 62.5 Å². The van der Waals surface area contributed by atoms with Crippen LogP contribution in [0.4, 0.5) is 15.8 Å². The third kappa shape index (κ3) is 1.68. The Morgan fingerprint density at radius 1 is 1.39 bits per heavy atom. The van der Waals surface area contributed by atoms with Gasteiger partial charge in [-0.3, -0.25) is 9.78 Å². The van der Waals surface area contributed by atoms with E-state index in [-0.39, 0.29) is 11.9 Å². The number of carbonyl (C=O) groups is 1. The highest BCUT2D eigenvalue weighted by molar-refractivity contribution is 5.79. The van der Waals surface area contributed by atoms with Crippen molar-refractivity contribution in [3.8, 4) is 0 Å². The number of nitrogens with zero attached hydrogens (tertiary/aromatic N) is 3. The first kappa shape index (κ1) is 11.3. The van der Waals surface area contributed by atoms with E-state index >= 15 is 0 Å². The molecular weight excluding hydrogens is 235 g/mol. The monoisotopic (exact) mass is 250 g/mol. The summed E-state index contributed by atoms with van der Waals surface area (Å²) in [7, 11) is 0. The van der Waals surface area contributed by atoms with Crippen LogP contribution in [-0.2, 0) is 4.79 Å². The van der Waals surface area contributed by atoms with Gasteiger partial charge in [0.1, 0.15) is 0 Å². The average molecular weight is 250 g/mol. The van der Waals surface area contributed by atoms with Crippen LogP contribution in [-0.4, -0.2) is 41.5 Å². The number of anilines is 2. The minimum atomic E-state index is -0.396. The first-order valence-corrected chi connectivity index (χ1v) is 6.10. The van der Waals surface area contributed by atoms with Crippen LogP contribution in [0.2, 0.25) is 0 Å². The first-order chi connectivity index (χ1) is 8.66. The van der Waals surface area contributed by atoms with Crippen LogP contribution in [0, 0.1) is 5.82 Å². The van der Waals surface area contributed by atoms with E-state index in [2.05, 4.69) is 4.98 Å². The van der Waals surface area contributed by atoms with E-state index in [4.69, 9.17) is 5.73 Å². The Bertz CT molecular complexity index is 473. The molecule has 96 valence electrons. The number of hydrogen-bond donors (Lipinski definition) is 1. The zero-order chi connectivity index (χ0) is 12.7. The fourth-order valence-corrected chi connectivity index (χ4v) is 2.84. The molecule has 1 aromatic heterocycles. The van der Waals surface area contributed by atoms with E-state index in [1.54, 1.807) is 0 Å². The molecule has 1 amide bonds. The van der Waals surface area contributed by atoms with Gasteiger partial charge < -0.3 is 15.5 Å². The zero-order valence-corrected chi connectivity index (χ0v) is 9.97. The number of aromatic nitrogens is 1. The van der Waals surface area contributed by atoms with Gasteiger partial charge in [0.05, 0.1) is 23.8 Å². The van der Waals surface area contributed by atoms with E-state index in [1.165, 1.54) is 12.4 Å². The molecule has 3 heterocycles. The third-order valence-electron chi connectivity index (χ3n) is 3.71. The van der Waals surface area contributed by atoms with Crippen molar-refractivity contribution >= 4 is 17.3 Å². The number of carbonyl (C=O) groups excluding carboxylic acids is 1. The molecule has 1 aromatic rings. The Kier molecular flexibility index (Phi) is 2.57. The lowest BCUT2D eigenvalue weighted by Crippen LogP contribution is -2.51. The van der Waals surface area contributed by atoms with Gasteiger partial charge in [0.25, 0.3) is 0 Å². The standard InChI is InChI=1S/C12H15FN4O/c13-9-5-15-6-10(14)12(9)16-3-4-17-8(7-16)1-2-11(17)18/h5-6,8H,1-4,7,14H2/t8-/m1/s1. The van der Waals surface area contributed by atoms with Crippen molar-refractivity contribution < 1.29 is 9.18 Å². The molecule has 2 aliphatic rings. The lowest BCUT2D eigenvalue weighted by molar-refractivity contribution is -0.129. The fraction of sp³-hybridized carbons (Fsp3) is 0.500. The summed E-state index contributed by atoms with van der Waals surface area (Å²) in [6.07, 6.45) is 4.09. The summed E-state index contributed by atoms with van der Waals surface area (Å²) in [5.41, 5.74) is 6.57. The Hall–Kier alpha value is -1.85. The molecule has 0 aromatic carbocycles. The molecule has 0 radical (unpaired) electrons. The number of piperazine rings is 1. The van der Waals surface area contributed by atoms with E-state index in [1.807, 2.05) is 9.80 Å². The molecule has 18 heavy (non-hydrogen) atoms. The molecule has 2 aliphatic heterocycles. The number of nitrogens with two attached hydrogens (primary N) is 1. The van der Waals surface area contributed by atoms with Crippen molar-refractivity contribution in [3.63, 3.8) is 0 Å². The highest BCUT2D eigenvalue weighted by Gasteiger charge is 2.36. The summed E-state index contributed by atoms with van der Waals surface area (Å²) in [6.45, 7) is 1.91. The predicted molar refractivity (Wildman–Crippen MR) is 65.6 cm³/mol. The molecule has 0 bridgehead atoms. The van der Waals surface area contributed by atoms with Crippen molar-refractivity contribution in [2.24, 2.45) is 0 Å². The van der Waals surface area contributed by atoms with E-state index in [0.717, 1.165) is 6.42 Å². The summed E-state index contributed by atoms with van der Waals surface area (Å²) in [6, 6.07) is 0.193. The van der Waals surface area contributed by atoms with Crippen LogP contribution >= 0.6 is 0 Å². The van der Waals surface area contributed by atoms with Crippen LogP contribution in [0.15, 0.2) is 12.4 Å². The first-order valence-electron chi connectivity index (χ1n) is 6.10. The molecule has 0 unspecified atom stereocenters. The highest BCUT2D eigenvalue weighted by Crippen LogP contribution is 2.30. The summed E-state index contributed by atoms with van der Waals surface area (Å²) in [5.74, 6) is -0.185. The summed E-state index contributed by atoms with van der Waals surface area (Å²) < 4.78 is 13.8. The van der Waals surface area contributed by atoms with Crippen molar-refractivity contribution in [2.45, 2.75) is 18.9 Å². The number of nitrogen functional groups attached to an aromatic ring is 1. The smallest absolute Gasteiger partial charge is 0.223 e. The van der Waals surface area contributed by atoms with Crippen LogP contribution in [0.25, 0.3) is 0 Å². The summed E-state index contributed by atoms with van der Waals surface area (Å²) in [5, 5.41) is 0. The van der Waals surface area contributed by atoms with E-state index in [9.17, 15) is 9.18 Å². The van der Waals surface area contributed by atoms with Gasteiger partial charge in [-0.05, 0) is 6.42 Å². The van der Waals surface area contributed by atoms with Crippen LogP contribution in [0.1, 0.15) is 12.8 Å². The number of rotatable bonds is 1. The molecule has 6 heteroatoms. The number of fused-ring (bicyclic) bond motifs is 1. The van der Waals surface area contributed by atoms with E-state index in [0.29, 0.717) is 37.4 Å². The molecule has 0 aliphatic carbocycles. The zero-order valence-electron chi connectivity index (χ0n) is 9.97. The second-order valence-electron chi connectivity index (χ2n) is 4.78. The quantitative estimate of drug-likeness (QED) is 0.793. The van der Waals surface area contributed by atoms with Gasteiger partial charge in [-0.25, -0.2) is 4.39 Å². The van der Waals surface area contributed by atoms with Crippen LogP contribution in [0.3, 0.4) is 0 Å². The van der Waals surface area contributed by atoms with Crippen LogP contribution < -0.4 is 10.6 Å². The molecule has 1 atom stereocenters. The van der Waals surface area contributed by atoms with Gasteiger partial charge in [0, 0.05) is 32.1 Å². The number of amides is 1. The predicted octanol–water partition coefficient (Wildman–Crippen LogP) is 0.614. The second-order valence-corrected chi connectivity index (χ2v) is 4.78. The molecule has 0 saturated carbocycles. The third-order valence-corrected chi connectivity index (χ3v) is 3.71. The van der Waals surface area contributed by atoms with Gasteiger partial charge in [-0.1, -0.05) is 0 Å². The maximum atomic E-state index is 13.8. The van der Waals surface area contributed by atoms with Gasteiger partial charge in [0.2, 0.25) is 5.91 Å². The lowest BCUT2D eigenvalue weighted by atomic mass is 10.1. The molecule has 0 spiro atoms. The van der Waals surface area contributed by atoms with Crippen molar-refractivity contribution in [3.05, 3.63) is 18.2 Å². The van der Waals surface area contributed by atoms with Crippen molar-refractivity contribution in [2.75, 3.05) is 30.3 Å². The Morgan fingerprint density at radius 3 is 3.00 bits per heavy atom. The maximum absolute atomic E-state index is 13.8. The lowest BCUT2D eigenvalue weighted by Gasteiger charge is -2.39. The number of halogens is 1. The van der Waals surface area contributed by atoms with Crippen molar-refractivity contribution in [1.82, 2.24) is 9.88 Å². The van der Waals surface area contributed by atoms with Gasteiger partial charge >= 0.3 is 0 Å². The van der Waals surface area contributed by atoms with E-state index < -0.39 is 5.82 Å². The van der Waals surface area contributed by atoms with Gasteiger partial charge in [-0.15, -0.1) is 0 Å². The summed E-state index contributed by atoms with van der Waals surface area (Å²) in [4.78, 5) is 19.1. The number of hydrogen-bond acceptors (Lipinski definition) is 4. The Morgan fingerprint density at radius 2 is 2.22 bits per heavy atom.